The van der Waals surface area contributed by atoms with Crippen LogP contribution in [-0.4, -0.2) is 25.9 Å². The second-order valence-corrected chi connectivity index (χ2v) is 6.47. The molecule has 0 rings (SSSR count). The van der Waals surface area contributed by atoms with Gasteiger partial charge < -0.3 is 9.94 Å². The maximum Gasteiger partial charge on any atom is 0.530 e. The lowest BCUT2D eigenvalue weighted by Crippen LogP contribution is -3.12. The Bertz CT molecular complexity index is 330. The number of quaternary nitrogens is 1. The predicted octanol–water partition coefficient (Wildman–Crippen LogP) is 0.434. The van der Waals surface area contributed by atoms with Crippen molar-refractivity contribution in [1.29, 1.82) is 0 Å². The maximum atomic E-state index is 11.4. The number of hydroxylamine groups is 1. The van der Waals surface area contributed by atoms with Crippen molar-refractivity contribution in [3.05, 3.63) is 5.21 Å². The number of hydrogen-bond donors (Lipinski definition) is 1. The summed E-state index contributed by atoms with van der Waals surface area (Å²) in [6.07, 6.45) is -0.305. The van der Waals surface area contributed by atoms with Crippen molar-refractivity contribution in [1.82, 2.24) is 0 Å². The van der Waals surface area contributed by atoms with Crippen LogP contribution in [0.1, 0.15) is 40.5 Å². The number of amides is 1. The Morgan fingerprint density at radius 3 is 2.25 bits per heavy atom. The van der Waals surface area contributed by atoms with Gasteiger partial charge in [0.1, 0.15) is 11.4 Å². The molecule has 1 atom stereocenters. The lowest BCUT2D eigenvalue weighted by molar-refractivity contribution is -0.623. The number of ether oxygens (including phenoxy) is 1. The molecule has 0 spiro atoms. The molecule has 7 heteroatoms. The number of unbranched alkanes of at least 4 members (excludes halogenated alkanes) is 1. The topological polar surface area (TPSA) is 87.9 Å². The Balaban J connectivity index is 4.55. The average Bonchev–Trinajstić information content (AvgIpc) is 2.10. The first-order valence-corrected chi connectivity index (χ1v) is 6.75. The summed E-state index contributed by atoms with van der Waals surface area (Å²) in [6, 6.07) is 0. The van der Waals surface area contributed by atoms with Gasteiger partial charge in [-0.15, -0.1) is 0 Å². The molecule has 0 aromatic carbocycles. The van der Waals surface area contributed by atoms with Crippen molar-refractivity contribution in [2.75, 3.05) is 5.75 Å². The van der Waals surface area contributed by atoms with Crippen LogP contribution in [-0.2, 0) is 14.8 Å². The van der Waals surface area contributed by atoms with E-state index < -0.39 is 26.2 Å². The fourth-order valence-corrected chi connectivity index (χ4v) is 2.02. The number of rotatable bonds is 4. The van der Waals surface area contributed by atoms with Gasteiger partial charge in [-0.3, -0.25) is 0 Å². The molecule has 0 heterocycles. The SMILES string of the molecule is CCCCS(=O)(=O)[NH+]([O-])C(=O)OC(C)(C)C. The standard InChI is InChI=1S/C9H19NO5S/c1-5-6-7-16(13,14)10(12)8(11)15-9(2,3)4/h10H,5-7H2,1-4H3. The van der Waals surface area contributed by atoms with Gasteiger partial charge in [0.2, 0.25) is 0 Å². The van der Waals surface area contributed by atoms with E-state index in [4.69, 9.17) is 4.74 Å². The Hall–Kier alpha value is -0.660. The summed E-state index contributed by atoms with van der Waals surface area (Å²) in [6.45, 7) is 6.50. The van der Waals surface area contributed by atoms with E-state index in [1.165, 1.54) is 0 Å². The summed E-state index contributed by atoms with van der Waals surface area (Å²) < 4.78 is 26.0. The van der Waals surface area contributed by atoms with E-state index in [0.717, 1.165) is 0 Å². The van der Waals surface area contributed by atoms with Gasteiger partial charge in [-0.2, -0.15) is 17.7 Å². The van der Waals surface area contributed by atoms with Crippen molar-refractivity contribution < 1.29 is 22.4 Å². The number of nitrogens with one attached hydrogen (secondary N) is 1. The first-order chi connectivity index (χ1) is 7.10. The smallest absolute Gasteiger partial charge is 0.530 e. The predicted molar refractivity (Wildman–Crippen MR) is 59.3 cm³/mol. The fourth-order valence-electron chi connectivity index (χ4n) is 0.874. The molecule has 0 aliphatic rings. The largest absolute Gasteiger partial charge is 0.608 e. The molecule has 0 fully saturated rings. The molecular weight excluding hydrogens is 234 g/mol. The Morgan fingerprint density at radius 1 is 1.38 bits per heavy atom. The Morgan fingerprint density at radius 2 is 1.88 bits per heavy atom. The van der Waals surface area contributed by atoms with Gasteiger partial charge in [0, 0.05) is 0 Å². The van der Waals surface area contributed by atoms with Gasteiger partial charge in [0.25, 0.3) is 0 Å². The van der Waals surface area contributed by atoms with E-state index in [9.17, 15) is 18.4 Å². The summed E-state index contributed by atoms with van der Waals surface area (Å²) in [5.41, 5.74) is -0.868. The van der Waals surface area contributed by atoms with Crippen molar-refractivity contribution in [2.24, 2.45) is 0 Å². The zero-order valence-electron chi connectivity index (χ0n) is 10.1. The fraction of sp³-hybridized carbons (Fsp3) is 0.889. The van der Waals surface area contributed by atoms with Crippen molar-refractivity contribution in [2.45, 2.75) is 46.1 Å². The molecule has 0 aliphatic carbocycles. The molecule has 0 radical (unpaired) electrons. The Kier molecular flexibility index (Phi) is 5.37. The van der Waals surface area contributed by atoms with E-state index in [2.05, 4.69) is 0 Å². The quantitative estimate of drug-likeness (QED) is 0.734. The molecule has 1 amide bonds. The summed E-state index contributed by atoms with van der Waals surface area (Å²) in [5, 5.41) is 11.3. The first-order valence-electron chi connectivity index (χ1n) is 5.10. The minimum Gasteiger partial charge on any atom is -0.608 e. The third-order valence-electron chi connectivity index (χ3n) is 1.61. The molecule has 0 bridgehead atoms. The average molecular weight is 253 g/mol. The minimum atomic E-state index is -4.01. The zero-order valence-corrected chi connectivity index (χ0v) is 10.9. The van der Waals surface area contributed by atoms with Gasteiger partial charge in [-0.25, -0.2) is 0 Å². The number of carbonyl (C=O) groups is 1. The number of hydrogen-bond acceptors (Lipinski definition) is 5. The van der Waals surface area contributed by atoms with Crippen molar-refractivity contribution in [3.63, 3.8) is 0 Å². The summed E-state index contributed by atoms with van der Waals surface area (Å²) in [7, 11) is -4.01. The summed E-state index contributed by atoms with van der Waals surface area (Å²) in [4.78, 5) is 11.2. The number of carbonyl (C=O) groups excluding carboxylic acids is 1. The lowest BCUT2D eigenvalue weighted by Gasteiger charge is -2.23. The van der Waals surface area contributed by atoms with Crippen LogP contribution in [0.25, 0.3) is 0 Å². The van der Waals surface area contributed by atoms with Gasteiger partial charge in [-0.05, 0) is 27.2 Å². The van der Waals surface area contributed by atoms with E-state index >= 15 is 0 Å². The van der Waals surface area contributed by atoms with E-state index in [1.54, 1.807) is 27.7 Å². The molecule has 96 valence electrons. The van der Waals surface area contributed by atoms with Gasteiger partial charge in [-0.1, -0.05) is 13.3 Å². The van der Waals surface area contributed by atoms with Crippen molar-refractivity contribution >= 4 is 16.1 Å². The molecular formula is C9H19NO5S. The molecule has 0 aromatic rings. The summed E-state index contributed by atoms with van der Waals surface area (Å²) in [5.74, 6) is -0.304. The molecule has 0 saturated heterocycles. The highest BCUT2D eigenvalue weighted by atomic mass is 32.2. The zero-order chi connectivity index (χ0) is 13.0. The van der Waals surface area contributed by atoms with Crippen LogP contribution in [0.15, 0.2) is 0 Å². The molecule has 1 N–H and O–H groups in total. The maximum absolute atomic E-state index is 11.4. The highest BCUT2D eigenvalue weighted by Gasteiger charge is 2.30. The molecule has 0 saturated carbocycles. The number of sulfonamides is 1. The monoisotopic (exact) mass is 253 g/mol. The molecule has 6 nitrogen and oxygen atoms in total. The van der Waals surface area contributed by atoms with E-state index in [1.807, 2.05) is 0 Å². The normalized spacial score (nSPS) is 14.6. The van der Waals surface area contributed by atoms with Crippen molar-refractivity contribution in [3.8, 4) is 0 Å². The third-order valence-corrected chi connectivity index (χ3v) is 3.17. The highest BCUT2D eigenvalue weighted by molar-refractivity contribution is 7.85. The van der Waals surface area contributed by atoms with Crippen LogP contribution >= 0.6 is 0 Å². The van der Waals surface area contributed by atoms with Crippen LogP contribution in [0.5, 0.6) is 0 Å². The highest BCUT2D eigenvalue weighted by Crippen LogP contribution is 2.05. The van der Waals surface area contributed by atoms with E-state index in [0.29, 0.717) is 12.8 Å². The summed E-state index contributed by atoms with van der Waals surface area (Å²) >= 11 is 0. The van der Waals surface area contributed by atoms with Gasteiger partial charge >= 0.3 is 16.1 Å². The second kappa shape index (κ2) is 5.60. The van der Waals surface area contributed by atoms with Crippen LogP contribution in [0.3, 0.4) is 0 Å². The van der Waals surface area contributed by atoms with Crippen LogP contribution < -0.4 is 4.47 Å². The van der Waals surface area contributed by atoms with Crippen LogP contribution in [0.4, 0.5) is 4.79 Å². The second-order valence-electron chi connectivity index (χ2n) is 4.46. The third kappa shape index (κ3) is 5.43. The Labute approximate surface area is 96.2 Å². The van der Waals surface area contributed by atoms with Crippen LogP contribution in [0, 0.1) is 5.21 Å². The molecule has 16 heavy (non-hydrogen) atoms. The van der Waals surface area contributed by atoms with Crippen LogP contribution in [0.2, 0.25) is 0 Å². The van der Waals surface area contributed by atoms with Gasteiger partial charge in [0.05, 0.1) is 0 Å². The van der Waals surface area contributed by atoms with E-state index in [-0.39, 0.29) is 5.75 Å². The van der Waals surface area contributed by atoms with Gasteiger partial charge in [0.15, 0.2) is 0 Å². The first kappa shape index (κ1) is 15.3. The lowest BCUT2D eigenvalue weighted by atomic mass is 10.2. The molecule has 0 aromatic heterocycles. The minimum absolute atomic E-state index is 0.304. The molecule has 0 aliphatic heterocycles. The molecule has 1 unspecified atom stereocenters.